The van der Waals surface area contributed by atoms with Crippen LogP contribution in [-0.2, 0) is 0 Å². The number of aromatic nitrogens is 4. The molecule has 1 saturated heterocycles. The van der Waals surface area contributed by atoms with Crippen molar-refractivity contribution in [3.05, 3.63) is 64.4 Å². The normalized spacial score (nSPS) is 17.1. The van der Waals surface area contributed by atoms with Gasteiger partial charge < -0.3 is 9.64 Å². The maximum absolute atomic E-state index is 13.0. The molecule has 0 unspecified atom stereocenters. The highest BCUT2D eigenvalue weighted by Crippen LogP contribution is 2.32. The van der Waals surface area contributed by atoms with Crippen LogP contribution in [0.15, 0.2) is 48.0 Å². The first kappa shape index (κ1) is 20.6. The zero-order valence-corrected chi connectivity index (χ0v) is 19.0. The fourth-order valence-electron chi connectivity index (χ4n) is 4.17. The van der Waals surface area contributed by atoms with E-state index in [9.17, 15) is 4.79 Å². The zero-order chi connectivity index (χ0) is 22.2. The quantitative estimate of drug-likeness (QED) is 0.477. The minimum absolute atomic E-state index is 0.0256. The van der Waals surface area contributed by atoms with E-state index < -0.39 is 0 Å². The van der Waals surface area contributed by atoms with E-state index in [1.165, 1.54) is 11.3 Å². The molecule has 1 amide bonds. The monoisotopic (exact) mass is 448 g/mol. The third-order valence-electron chi connectivity index (χ3n) is 5.95. The Morgan fingerprint density at radius 3 is 2.81 bits per heavy atom. The molecule has 0 bridgehead atoms. The number of aryl methyl sites for hydroxylation is 1. The summed E-state index contributed by atoms with van der Waals surface area (Å²) in [7, 11) is 3.73. The van der Waals surface area contributed by atoms with Crippen molar-refractivity contribution < 1.29 is 9.53 Å². The van der Waals surface area contributed by atoms with Crippen LogP contribution in [0.2, 0.25) is 0 Å². The Bertz CT molecular complexity index is 1280. The first-order valence-corrected chi connectivity index (χ1v) is 11.3. The molecule has 32 heavy (non-hydrogen) atoms. The topological polar surface area (TPSA) is 75.9 Å². The Balaban J connectivity index is 1.45. The Hall–Kier alpha value is -3.30. The highest BCUT2D eigenvalue weighted by atomic mass is 32.1. The first-order valence-electron chi connectivity index (χ1n) is 10.4. The van der Waals surface area contributed by atoms with Crippen molar-refractivity contribution in [1.29, 1.82) is 0 Å². The van der Waals surface area contributed by atoms with E-state index in [4.69, 9.17) is 4.74 Å². The highest BCUT2D eigenvalue weighted by Gasteiger charge is 2.32. The van der Waals surface area contributed by atoms with E-state index >= 15 is 0 Å². The molecular formula is C23H24N6O2S. The van der Waals surface area contributed by atoms with Crippen LogP contribution in [0.25, 0.3) is 16.6 Å². The van der Waals surface area contributed by atoms with Gasteiger partial charge in [-0.05, 0) is 26.1 Å². The van der Waals surface area contributed by atoms with Crippen LogP contribution in [0.4, 0.5) is 0 Å². The summed E-state index contributed by atoms with van der Waals surface area (Å²) in [5.41, 5.74) is 4.31. The standard InChI is InChI=1S/C23H24N6O2S/c1-15-24-18(14-32-15)23(30)28-11-10-27(2)20(13-28)22-19-9-8-16(12-29(19)26-25-22)17-6-4-5-7-21(17)31-3/h4-9,12,14,20H,10-11,13H2,1-3H3/t20-/m1/s1. The lowest BCUT2D eigenvalue weighted by molar-refractivity contribution is 0.0537. The molecule has 0 N–H and O–H groups in total. The maximum Gasteiger partial charge on any atom is 0.273 e. The van der Waals surface area contributed by atoms with E-state index in [0.29, 0.717) is 18.8 Å². The Morgan fingerprint density at radius 1 is 1.19 bits per heavy atom. The number of thiazole rings is 1. The highest BCUT2D eigenvalue weighted by molar-refractivity contribution is 7.09. The molecule has 164 valence electrons. The molecule has 0 aliphatic carbocycles. The summed E-state index contributed by atoms with van der Waals surface area (Å²) in [6.07, 6.45) is 1.97. The van der Waals surface area contributed by atoms with Gasteiger partial charge in [-0.2, -0.15) is 0 Å². The fraction of sp³-hybridized carbons (Fsp3) is 0.304. The fourth-order valence-corrected chi connectivity index (χ4v) is 4.76. The van der Waals surface area contributed by atoms with E-state index in [2.05, 4.69) is 33.3 Å². The molecule has 1 aliphatic heterocycles. The summed E-state index contributed by atoms with van der Waals surface area (Å²) in [6.45, 7) is 3.89. The molecule has 4 heterocycles. The van der Waals surface area contributed by atoms with Gasteiger partial charge >= 0.3 is 0 Å². The number of hydrogen-bond acceptors (Lipinski definition) is 7. The second-order valence-electron chi connectivity index (χ2n) is 7.92. The van der Waals surface area contributed by atoms with Gasteiger partial charge in [0.2, 0.25) is 0 Å². The number of fused-ring (bicyclic) bond motifs is 1. The molecule has 1 atom stereocenters. The van der Waals surface area contributed by atoms with Gasteiger partial charge in [0.15, 0.2) is 0 Å². The number of carbonyl (C=O) groups excluding carboxylic acids is 1. The van der Waals surface area contributed by atoms with Crippen molar-refractivity contribution >= 4 is 22.8 Å². The Morgan fingerprint density at radius 2 is 2.03 bits per heavy atom. The number of methoxy groups -OCH3 is 1. The number of rotatable bonds is 4. The van der Waals surface area contributed by atoms with Crippen LogP contribution in [-0.4, -0.2) is 69.3 Å². The number of carbonyl (C=O) groups is 1. The average Bonchev–Trinajstić information content (AvgIpc) is 3.44. The summed E-state index contributed by atoms with van der Waals surface area (Å²) in [5, 5.41) is 11.6. The van der Waals surface area contributed by atoms with Gasteiger partial charge in [0, 0.05) is 42.3 Å². The third-order valence-corrected chi connectivity index (χ3v) is 6.72. The second-order valence-corrected chi connectivity index (χ2v) is 8.98. The number of nitrogens with zero attached hydrogens (tertiary/aromatic N) is 6. The average molecular weight is 449 g/mol. The van der Waals surface area contributed by atoms with Crippen molar-refractivity contribution in [2.24, 2.45) is 0 Å². The number of para-hydroxylation sites is 1. The van der Waals surface area contributed by atoms with Crippen LogP contribution in [0.5, 0.6) is 5.75 Å². The lowest BCUT2D eigenvalue weighted by atomic mass is 10.0. The van der Waals surface area contributed by atoms with E-state index in [1.54, 1.807) is 11.6 Å². The Kier molecular flexibility index (Phi) is 5.36. The molecule has 9 heteroatoms. The van der Waals surface area contributed by atoms with Crippen LogP contribution >= 0.6 is 11.3 Å². The first-order chi connectivity index (χ1) is 15.5. The van der Waals surface area contributed by atoms with Gasteiger partial charge in [-0.1, -0.05) is 29.5 Å². The van der Waals surface area contributed by atoms with Gasteiger partial charge in [0.1, 0.15) is 17.1 Å². The number of likely N-dealkylation sites (N-methyl/N-ethyl adjacent to an activating group) is 1. The third kappa shape index (κ3) is 3.63. The van der Waals surface area contributed by atoms with Crippen LogP contribution in [0.1, 0.15) is 27.2 Å². The number of benzene rings is 1. The molecule has 4 aromatic rings. The summed E-state index contributed by atoms with van der Waals surface area (Å²) in [4.78, 5) is 21.4. The van der Waals surface area contributed by atoms with E-state index in [0.717, 1.165) is 39.6 Å². The van der Waals surface area contributed by atoms with Crippen molar-refractivity contribution in [3.8, 4) is 16.9 Å². The van der Waals surface area contributed by atoms with Crippen molar-refractivity contribution in [2.75, 3.05) is 33.8 Å². The van der Waals surface area contributed by atoms with Gasteiger partial charge in [0.25, 0.3) is 5.91 Å². The molecule has 0 radical (unpaired) electrons. The Labute approximate surface area is 190 Å². The number of pyridine rings is 1. The summed E-state index contributed by atoms with van der Waals surface area (Å²) < 4.78 is 7.31. The number of hydrogen-bond donors (Lipinski definition) is 0. The van der Waals surface area contributed by atoms with Crippen molar-refractivity contribution in [3.63, 3.8) is 0 Å². The number of amides is 1. The van der Waals surface area contributed by atoms with Crippen molar-refractivity contribution in [1.82, 2.24) is 29.6 Å². The SMILES string of the molecule is COc1ccccc1-c1ccc2c([C@H]3CN(C(=O)c4csc(C)n4)CCN3C)nnn2c1. The number of ether oxygens (including phenoxy) is 1. The predicted octanol–water partition coefficient (Wildman–Crippen LogP) is 3.30. The molecule has 0 saturated carbocycles. The van der Waals surface area contributed by atoms with Gasteiger partial charge in [-0.15, -0.1) is 16.4 Å². The van der Waals surface area contributed by atoms with Gasteiger partial charge in [-0.3, -0.25) is 9.69 Å². The summed E-state index contributed by atoms with van der Waals surface area (Å²) >= 11 is 1.50. The zero-order valence-electron chi connectivity index (χ0n) is 18.2. The van der Waals surface area contributed by atoms with Gasteiger partial charge in [-0.25, -0.2) is 9.50 Å². The molecule has 0 spiro atoms. The van der Waals surface area contributed by atoms with Crippen LogP contribution in [0, 0.1) is 6.92 Å². The molecule has 1 aliphatic rings. The number of piperazine rings is 1. The van der Waals surface area contributed by atoms with E-state index in [-0.39, 0.29) is 11.9 Å². The smallest absolute Gasteiger partial charge is 0.273 e. The van der Waals surface area contributed by atoms with Crippen molar-refractivity contribution in [2.45, 2.75) is 13.0 Å². The predicted molar refractivity (Wildman–Crippen MR) is 123 cm³/mol. The van der Waals surface area contributed by atoms with Crippen LogP contribution in [0.3, 0.4) is 0 Å². The van der Waals surface area contributed by atoms with Crippen LogP contribution < -0.4 is 4.74 Å². The molecule has 3 aromatic heterocycles. The molecule has 5 rings (SSSR count). The summed E-state index contributed by atoms with van der Waals surface area (Å²) in [6, 6.07) is 12.0. The summed E-state index contributed by atoms with van der Waals surface area (Å²) in [5.74, 6) is 0.785. The second kappa shape index (κ2) is 8.33. The lowest BCUT2D eigenvalue weighted by Crippen LogP contribution is -2.49. The van der Waals surface area contributed by atoms with E-state index in [1.807, 2.05) is 53.7 Å². The molecule has 1 aromatic carbocycles. The van der Waals surface area contributed by atoms with Gasteiger partial charge in [0.05, 0.1) is 23.7 Å². The minimum atomic E-state index is -0.0398. The maximum atomic E-state index is 13.0. The molecule has 8 nitrogen and oxygen atoms in total. The minimum Gasteiger partial charge on any atom is -0.496 e. The molecule has 1 fully saturated rings. The molecular weight excluding hydrogens is 424 g/mol. The largest absolute Gasteiger partial charge is 0.496 e. The lowest BCUT2D eigenvalue weighted by Gasteiger charge is -2.38.